The van der Waals surface area contributed by atoms with Crippen molar-refractivity contribution in [1.82, 2.24) is 29.7 Å². The highest BCUT2D eigenvalue weighted by Crippen LogP contribution is 2.19. The molecule has 0 fully saturated rings. The number of aryl methyl sites for hydroxylation is 1. The molecule has 136 valence electrons. The maximum absolute atomic E-state index is 12.0. The summed E-state index contributed by atoms with van der Waals surface area (Å²) in [6.07, 6.45) is 0.747. The Hall–Kier alpha value is -2.88. The van der Waals surface area contributed by atoms with Crippen molar-refractivity contribution in [3.63, 3.8) is 0 Å². The fraction of sp³-hybridized carbons (Fsp3) is 0.312. The molecular formula is C16H20N8OS. The molecule has 0 bridgehead atoms. The second kappa shape index (κ2) is 8.00. The minimum Gasteiger partial charge on any atom is -0.368 e. The number of nitrogen functional groups attached to an aromatic ring is 1. The number of aromatic nitrogens is 6. The number of nitrogens with one attached hydrogen (secondary N) is 1. The van der Waals surface area contributed by atoms with Crippen LogP contribution in [0.3, 0.4) is 0 Å². The number of nitrogens with zero attached hydrogens (tertiary/aromatic N) is 6. The van der Waals surface area contributed by atoms with E-state index in [1.54, 1.807) is 9.47 Å². The second-order valence-electron chi connectivity index (χ2n) is 5.79. The van der Waals surface area contributed by atoms with E-state index in [1.165, 1.54) is 11.8 Å². The quantitative estimate of drug-likeness (QED) is 0.588. The number of benzene rings is 1. The summed E-state index contributed by atoms with van der Waals surface area (Å²) >= 11 is 1.38. The molecule has 0 aliphatic rings. The number of hydrogen-bond acceptors (Lipinski definition) is 8. The second-order valence-corrected chi connectivity index (χ2v) is 6.73. The Balaban J connectivity index is 1.70. The molecule has 10 heteroatoms. The molecule has 26 heavy (non-hydrogen) atoms. The Kier molecular flexibility index (Phi) is 5.52. The summed E-state index contributed by atoms with van der Waals surface area (Å²) in [5.41, 5.74) is 6.67. The SMILES string of the molecule is CN(C)c1nc(N)nc(CSc2n[nH]c(=O)n2CCc2ccccc2)n1. The molecule has 0 saturated heterocycles. The molecule has 0 aliphatic carbocycles. The molecule has 9 nitrogen and oxygen atoms in total. The molecule has 0 saturated carbocycles. The lowest BCUT2D eigenvalue weighted by atomic mass is 10.1. The minimum absolute atomic E-state index is 0.169. The van der Waals surface area contributed by atoms with E-state index in [-0.39, 0.29) is 11.6 Å². The van der Waals surface area contributed by atoms with Crippen molar-refractivity contribution in [2.75, 3.05) is 24.7 Å². The van der Waals surface area contributed by atoms with Gasteiger partial charge in [0, 0.05) is 20.6 Å². The molecule has 3 rings (SSSR count). The standard InChI is InChI=1S/C16H20N8OS/c1-23(2)14-19-12(18-13(17)20-14)10-26-16-22-21-15(25)24(16)9-8-11-6-4-3-5-7-11/h3-7H,8-10H2,1-2H3,(H,21,25)(H2,17,18,19,20). The van der Waals surface area contributed by atoms with Crippen LogP contribution in [0.2, 0.25) is 0 Å². The topological polar surface area (TPSA) is 119 Å². The number of anilines is 2. The maximum Gasteiger partial charge on any atom is 0.343 e. The molecule has 0 amide bonds. The molecular weight excluding hydrogens is 352 g/mol. The molecule has 0 unspecified atom stereocenters. The number of nitrogens with two attached hydrogens (primary N) is 1. The highest BCUT2D eigenvalue weighted by atomic mass is 32.2. The molecule has 0 spiro atoms. The molecule has 0 aliphatic heterocycles. The first-order valence-corrected chi connectivity index (χ1v) is 9.01. The third-order valence-corrected chi connectivity index (χ3v) is 4.58. The number of aromatic amines is 1. The lowest BCUT2D eigenvalue weighted by Crippen LogP contribution is -2.19. The van der Waals surface area contributed by atoms with E-state index in [9.17, 15) is 4.79 Å². The zero-order valence-corrected chi connectivity index (χ0v) is 15.4. The zero-order valence-electron chi connectivity index (χ0n) is 14.6. The maximum atomic E-state index is 12.0. The molecule has 0 radical (unpaired) electrons. The Morgan fingerprint density at radius 1 is 1.19 bits per heavy atom. The van der Waals surface area contributed by atoms with Gasteiger partial charge in [-0.25, -0.2) is 9.89 Å². The fourth-order valence-corrected chi connectivity index (χ4v) is 3.14. The Morgan fingerprint density at radius 2 is 1.96 bits per heavy atom. The van der Waals surface area contributed by atoms with Crippen LogP contribution in [0.5, 0.6) is 0 Å². The lowest BCUT2D eigenvalue weighted by molar-refractivity contribution is 0.615. The van der Waals surface area contributed by atoms with Crippen molar-refractivity contribution in [2.45, 2.75) is 23.9 Å². The molecule has 2 heterocycles. The van der Waals surface area contributed by atoms with Crippen LogP contribution < -0.4 is 16.3 Å². The van der Waals surface area contributed by atoms with E-state index in [1.807, 2.05) is 44.4 Å². The predicted molar refractivity (Wildman–Crippen MR) is 101 cm³/mol. The third-order valence-electron chi connectivity index (χ3n) is 3.61. The molecule has 3 N–H and O–H groups in total. The van der Waals surface area contributed by atoms with Gasteiger partial charge >= 0.3 is 5.69 Å². The summed E-state index contributed by atoms with van der Waals surface area (Å²) < 4.78 is 1.62. The smallest absolute Gasteiger partial charge is 0.343 e. The Morgan fingerprint density at radius 3 is 2.69 bits per heavy atom. The van der Waals surface area contributed by atoms with E-state index in [0.29, 0.717) is 29.2 Å². The summed E-state index contributed by atoms with van der Waals surface area (Å²) in [5.74, 6) is 1.64. The normalized spacial score (nSPS) is 10.8. The largest absolute Gasteiger partial charge is 0.368 e. The van der Waals surface area contributed by atoms with Crippen LogP contribution in [0.15, 0.2) is 40.3 Å². The van der Waals surface area contributed by atoms with Gasteiger partial charge in [0.1, 0.15) is 5.82 Å². The van der Waals surface area contributed by atoms with E-state index >= 15 is 0 Å². The minimum atomic E-state index is -0.229. The zero-order chi connectivity index (χ0) is 18.5. The molecule has 3 aromatic rings. The molecule has 2 aromatic heterocycles. The third kappa shape index (κ3) is 4.39. The number of H-pyrrole nitrogens is 1. The molecule has 1 aromatic carbocycles. The van der Waals surface area contributed by atoms with Crippen molar-refractivity contribution >= 4 is 23.7 Å². The van der Waals surface area contributed by atoms with Crippen molar-refractivity contribution in [1.29, 1.82) is 0 Å². The van der Waals surface area contributed by atoms with Crippen LogP contribution in [-0.2, 0) is 18.7 Å². The van der Waals surface area contributed by atoms with Crippen LogP contribution in [0.25, 0.3) is 0 Å². The highest BCUT2D eigenvalue weighted by Gasteiger charge is 2.12. The van der Waals surface area contributed by atoms with Gasteiger partial charge in [0.2, 0.25) is 11.9 Å². The van der Waals surface area contributed by atoms with Gasteiger partial charge in [0.25, 0.3) is 0 Å². The van der Waals surface area contributed by atoms with Gasteiger partial charge in [-0.15, -0.1) is 5.10 Å². The van der Waals surface area contributed by atoms with Gasteiger partial charge in [-0.05, 0) is 12.0 Å². The summed E-state index contributed by atoms with van der Waals surface area (Å²) in [5, 5.41) is 7.19. The summed E-state index contributed by atoms with van der Waals surface area (Å²) in [6.45, 7) is 0.546. The first-order valence-electron chi connectivity index (χ1n) is 8.02. The predicted octanol–water partition coefficient (Wildman–Crippen LogP) is 0.940. The number of rotatable bonds is 7. The average Bonchev–Trinajstić information content (AvgIpc) is 2.98. The average molecular weight is 372 g/mol. The van der Waals surface area contributed by atoms with Crippen molar-refractivity contribution in [2.24, 2.45) is 0 Å². The van der Waals surface area contributed by atoms with Crippen molar-refractivity contribution < 1.29 is 0 Å². The van der Waals surface area contributed by atoms with E-state index in [4.69, 9.17) is 5.73 Å². The van der Waals surface area contributed by atoms with E-state index in [0.717, 1.165) is 12.0 Å². The van der Waals surface area contributed by atoms with Gasteiger partial charge in [-0.1, -0.05) is 42.1 Å². The summed E-state index contributed by atoms with van der Waals surface area (Å²) in [7, 11) is 3.67. The van der Waals surface area contributed by atoms with E-state index < -0.39 is 0 Å². The van der Waals surface area contributed by atoms with Crippen LogP contribution in [0.1, 0.15) is 11.4 Å². The van der Waals surface area contributed by atoms with Crippen LogP contribution in [0, 0.1) is 0 Å². The number of thioether (sulfide) groups is 1. The lowest BCUT2D eigenvalue weighted by Gasteiger charge is -2.11. The van der Waals surface area contributed by atoms with Gasteiger partial charge in [-0.2, -0.15) is 15.0 Å². The van der Waals surface area contributed by atoms with Gasteiger partial charge < -0.3 is 10.6 Å². The van der Waals surface area contributed by atoms with E-state index in [2.05, 4.69) is 25.1 Å². The van der Waals surface area contributed by atoms with Gasteiger partial charge in [-0.3, -0.25) is 4.57 Å². The Bertz CT molecular complexity index is 921. The monoisotopic (exact) mass is 372 g/mol. The van der Waals surface area contributed by atoms with Gasteiger partial charge in [0.15, 0.2) is 5.16 Å². The summed E-state index contributed by atoms with van der Waals surface area (Å²) in [6, 6.07) is 10.0. The van der Waals surface area contributed by atoms with Crippen molar-refractivity contribution in [3.05, 3.63) is 52.2 Å². The molecule has 0 atom stereocenters. The number of hydrogen-bond donors (Lipinski definition) is 2. The van der Waals surface area contributed by atoms with Crippen LogP contribution in [0.4, 0.5) is 11.9 Å². The summed E-state index contributed by atoms with van der Waals surface area (Å²) in [4.78, 5) is 26.4. The highest BCUT2D eigenvalue weighted by molar-refractivity contribution is 7.98. The Labute approximate surface area is 154 Å². The first-order chi connectivity index (χ1) is 12.5. The van der Waals surface area contributed by atoms with Crippen LogP contribution in [-0.4, -0.2) is 43.8 Å². The van der Waals surface area contributed by atoms with Crippen LogP contribution >= 0.6 is 11.8 Å². The van der Waals surface area contributed by atoms with Gasteiger partial charge in [0.05, 0.1) is 5.75 Å². The first kappa shape index (κ1) is 17.9. The van der Waals surface area contributed by atoms with Crippen molar-refractivity contribution in [3.8, 4) is 0 Å². The fourth-order valence-electron chi connectivity index (χ4n) is 2.31.